The average Bonchev–Trinajstić information content (AvgIpc) is 2.95. The van der Waals surface area contributed by atoms with Gasteiger partial charge < -0.3 is 16.0 Å². The predicted octanol–water partition coefficient (Wildman–Crippen LogP) is 3.65. The summed E-state index contributed by atoms with van der Waals surface area (Å²) in [5, 5.41) is 13.1. The largest absolute Gasteiger partial charge is 0.348 e. The minimum Gasteiger partial charge on any atom is -0.348 e. The number of sulfone groups is 1. The molecule has 2 aromatic rings. The molecule has 0 saturated carbocycles. The Morgan fingerprint density at radius 1 is 0.841 bits per heavy atom. The lowest BCUT2D eigenvalue weighted by Crippen LogP contribution is -2.56. The van der Waals surface area contributed by atoms with Crippen LogP contribution in [-0.4, -0.2) is 61.5 Å². The van der Waals surface area contributed by atoms with E-state index in [2.05, 4.69) is 31.0 Å². The van der Waals surface area contributed by atoms with Gasteiger partial charge in [0.15, 0.2) is 9.84 Å². The maximum Gasteiger partial charge on any atom is 0.243 e. The first-order valence-electron chi connectivity index (χ1n) is 14.5. The first kappa shape index (κ1) is 36.0. The monoisotopic (exact) mass is 625 g/mol. The zero-order valence-electron chi connectivity index (χ0n) is 25.9. The van der Waals surface area contributed by atoms with Crippen LogP contribution in [0.4, 0.5) is 0 Å². The Kier molecular flexibility index (Phi) is 14.5. The number of aromatic nitrogens is 1. The fraction of sp³-hybridized carbons (Fsp3) is 0.484. The van der Waals surface area contributed by atoms with Crippen molar-refractivity contribution < 1.29 is 22.8 Å². The standard InChI is InChI=1S/C31H43N7O5S/c1-21(2)17-26(29(39)34-25(13-16-44(5,42)43)19-24-11-14-33-15-12-24)35-30(40)27(18-22(3)4)36-31(41)28(37-38-32)20-23-9-7-6-8-10-23/h6-16,21-22,25-28H,17-20H2,1-5H3,(H,34,39)(H,35,40)(H,36,41)/b16-13+/t25-,26+,27+,28?/m1/s1. The number of benzene rings is 1. The van der Waals surface area contributed by atoms with Crippen molar-refractivity contribution in [3.63, 3.8) is 0 Å². The van der Waals surface area contributed by atoms with E-state index in [1.807, 2.05) is 58.0 Å². The van der Waals surface area contributed by atoms with Crippen molar-refractivity contribution in [3.8, 4) is 0 Å². The molecule has 0 bridgehead atoms. The van der Waals surface area contributed by atoms with E-state index in [0.717, 1.165) is 22.8 Å². The minimum atomic E-state index is -3.46. The van der Waals surface area contributed by atoms with E-state index in [-0.39, 0.29) is 24.7 Å². The second kappa shape index (κ2) is 17.8. The van der Waals surface area contributed by atoms with Gasteiger partial charge in [0.2, 0.25) is 17.7 Å². The number of rotatable bonds is 17. The second-order valence-corrected chi connectivity index (χ2v) is 13.6. The highest BCUT2D eigenvalue weighted by Crippen LogP contribution is 2.13. The Morgan fingerprint density at radius 3 is 1.89 bits per heavy atom. The molecule has 0 aliphatic carbocycles. The van der Waals surface area contributed by atoms with E-state index in [0.29, 0.717) is 12.8 Å². The molecule has 1 unspecified atom stereocenters. The number of nitrogens with one attached hydrogen (secondary N) is 3. The van der Waals surface area contributed by atoms with Gasteiger partial charge in [0.1, 0.15) is 18.1 Å². The maximum atomic E-state index is 13.6. The van der Waals surface area contributed by atoms with Crippen molar-refractivity contribution in [2.24, 2.45) is 17.0 Å². The van der Waals surface area contributed by atoms with Crippen molar-refractivity contribution >= 4 is 27.6 Å². The normalized spacial score (nSPS) is 14.3. The van der Waals surface area contributed by atoms with Crippen LogP contribution in [0.5, 0.6) is 0 Å². The molecule has 1 aromatic carbocycles. The minimum absolute atomic E-state index is 0.0151. The molecule has 4 atom stereocenters. The molecule has 238 valence electrons. The third-order valence-corrected chi connectivity index (χ3v) is 7.19. The van der Waals surface area contributed by atoms with Gasteiger partial charge in [0, 0.05) is 29.0 Å². The van der Waals surface area contributed by atoms with Gasteiger partial charge in [-0.1, -0.05) is 69.2 Å². The van der Waals surface area contributed by atoms with E-state index in [1.165, 1.54) is 6.08 Å². The lowest BCUT2D eigenvalue weighted by atomic mass is 9.99. The van der Waals surface area contributed by atoms with Crippen LogP contribution >= 0.6 is 0 Å². The molecule has 3 amide bonds. The number of azide groups is 1. The molecule has 12 nitrogen and oxygen atoms in total. The molecule has 1 heterocycles. The first-order valence-corrected chi connectivity index (χ1v) is 16.5. The zero-order chi connectivity index (χ0) is 32.7. The molecule has 0 spiro atoms. The third kappa shape index (κ3) is 13.8. The highest BCUT2D eigenvalue weighted by molar-refractivity contribution is 7.93. The molecule has 44 heavy (non-hydrogen) atoms. The van der Waals surface area contributed by atoms with Crippen molar-refractivity contribution in [2.45, 2.75) is 77.5 Å². The van der Waals surface area contributed by atoms with Crippen LogP contribution in [0.25, 0.3) is 10.4 Å². The van der Waals surface area contributed by atoms with E-state index < -0.39 is 51.7 Å². The Bertz CT molecular complexity index is 1410. The topological polar surface area (TPSA) is 183 Å². The Morgan fingerprint density at radius 2 is 1.36 bits per heavy atom. The Balaban J connectivity index is 2.25. The highest BCUT2D eigenvalue weighted by atomic mass is 32.2. The summed E-state index contributed by atoms with van der Waals surface area (Å²) >= 11 is 0. The van der Waals surface area contributed by atoms with Crippen LogP contribution in [0.3, 0.4) is 0 Å². The molecule has 1 aromatic heterocycles. The van der Waals surface area contributed by atoms with E-state index >= 15 is 0 Å². The summed E-state index contributed by atoms with van der Waals surface area (Å²) in [5.74, 6) is -1.60. The van der Waals surface area contributed by atoms with Crippen molar-refractivity contribution in [1.82, 2.24) is 20.9 Å². The molecule has 13 heteroatoms. The molecular formula is C31H43N7O5S. The lowest BCUT2D eigenvalue weighted by molar-refractivity contribution is -0.133. The molecule has 0 aliphatic heterocycles. The van der Waals surface area contributed by atoms with Gasteiger partial charge in [-0.25, -0.2) is 8.42 Å². The van der Waals surface area contributed by atoms with E-state index in [1.54, 1.807) is 24.5 Å². The molecule has 0 aliphatic rings. The van der Waals surface area contributed by atoms with E-state index in [9.17, 15) is 22.8 Å². The number of hydrogen-bond donors (Lipinski definition) is 3. The molecule has 3 N–H and O–H groups in total. The SMILES string of the molecule is CC(C)C[C@H](NC(=O)C(Cc1ccccc1)N=[N+]=[N-])C(=O)N[C@@H](CC(C)C)C(=O)N[C@H](/C=C/S(C)(=O)=O)Cc1ccncc1. The van der Waals surface area contributed by atoms with Crippen LogP contribution in [0.2, 0.25) is 0 Å². The van der Waals surface area contributed by atoms with Gasteiger partial charge >= 0.3 is 0 Å². The van der Waals surface area contributed by atoms with Gasteiger partial charge in [-0.3, -0.25) is 19.4 Å². The van der Waals surface area contributed by atoms with Gasteiger partial charge in [-0.2, -0.15) is 0 Å². The molecule has 0 saturated heterocycles. The van der Waals surface area contributed by atoms with Gasteiger partial charge in [0.05, 0.1) is 6.04 Å². The highest BCUT2D eigenvalue weighted by Gasteiger charge is 2.30. The number of amides is 3. The predicted molar refractivity (Wildman–Crippen MR) is 170 cm³/mol. The first-order chi connectivity index (χ1) is 20.8. The summed E-state index contributed by atoms with van der Waals surface area (Å²) in [6, 6.07) is 8.91. The van der Waals surface area contributed by atoms with E-state index in [4.69, 9.17) is 5.53 Å². The molecular weight excluding hydrogens is 582 g/mol. The van der Waals surface area contributed by atoms with Gasteiger partial charge in [-0.15, -0.1) is 0 Å². The van der Waals surface area contributed by atoms with Gasteiger partial charge in [0.25, 0.3) is 0 Å². The smallest absolute Gasteiger partial charge is 0.243 e. The lowest BCUT2D eigenvalue weighted by Gasteiger charge is -2.27. The quantitative estimate of drug-likeness (QED) is 0.137. The number of carbonyl (C=O) groups excluding carboxylic acids is 3. The van der Waals surface area contributed by atoms with Crippen LogP contribution in [0, 0.1) is 11.8 Å². The zero-order valence-corrected chi connectivity index (χ0v) is 26.7. The summed E-state index contributed by atoms with van der Waals surface area (Å²) in [6.45, 7) is 7.62. The van der Waals surface area contributed by atoms with Crippen LogP contribution in [0.1, 0.15) is 51.7 Å². The number of pyridine rings is 1. The average molecular weight is 626 g/mol. The Labute approximate surface area is 259 Å². The van der Waals surface area contributed by atoms with Crippen LogP contribution < -0.4 is 16.0 Å². The summed E-state index contributed by atoms with van der Waals surface area (Å²) in [7, 11) is -3.46. The maximum absolute atomic E-state index is 13.6. The Hall–Kier alpha value is -4.22. The number of hydrogen-bond acceptors (Lipinski definition) is 7. The van der Waals surface area contributed by atoms with Crippen molar-refractivity contribution in [1.29, 1.82) is 0 Å². The molecule has 2 rings (SSSR count). The van der Waals surface area contributed by atoms with Crippen LogP contribution in [0.15, 0.2) is 71.5 Å². The fourth-order valence-corrected chi connectivity index (χ4v) is 4.97. The summed E-state index contributed by atoms with van der Waals surface area (Å²) in [6.07, 6.45) is 6.72. The fourth-order valence-electron chi connectivity index (χ4n) is 4.49. The van der Waals surface area contributed by atoms with Crippen molar-refractivity contribution in [2.75, 3.05) is 6.26 Å². The summed E-state index contributed by atoms with van der Waals surface area (Å²) < 4.78 is 23.6. The summed E-state index contributed by atoms with van der Waals surface area (Å²) in [4.78, 5) is 47.1. The number of nitrogens with zero attached hydrogens (tertiary/aromatic N) is 4. The van der Waals surface area contributed by atoms with Crippen LogP contribution in [-0.2, 0) is 37.1 Å². The summed E-state index contributed by atoms with van der Waals surface area (Å²) in [5.41, 5.74) is 10.7. The molecule has 0 fully saturated rings. The third-order valence-electron chi connectivity index (χ3n) is 6.54. The number of carbonyl (C=O) groups is 3. The van der Waals surface area contributed by atoms with Gasteiger partial charge in [-0.05, 0) is 66.3 Å². The second-order valence-electron chi connectivity index (χ2n) is 11.6. The molecule has 0 radical (unpaired) electrons. The van der Waals surface area contributed by atoms with Crippen molar-refractivity contribution in [3.05, 3.63) is 87.9 Å².